The van der Waals surface area contributed by atoms with Crippen LogP contribution in [0.25, 0.3) is 0 Å². The number of hydrogen-bond donors (Lipinski definition) is 3. The zero-order valence-corrected chi connectivity index (χ0v) is 10.5. The molecule has 0 aliphatic rings. The average molecular weight is 260 g/mol. The number of sulfonamides is 1. The Balaban J connectivity index is 3.08. The summed E-state index contributed by atoms with van der Waals surface area (Å²) >= 11 is 0. The summed E-state index contributed by atoms with van der Waals surface area (Å²) in [5, 5.41) is 0. The van der Waals surface area contributed by atoms with Crippen LogP contribution in [0.1, 0.15) is 17.4 Å². The molecular formula is C9H16N4O3S. The predicted molar refractivity (Wildman–Crippen MR) is 62.8 cm³/mol. The smallest absolute Gasteiger partial charge is 0.265 e. The lowest BCUT2D eigenvalue weighted by Crippen LogP contribution is -2.37. The van der Waals surface area contributed by atoms with Gasteiger partial charge < -0.3 is 16.0 Å². The summed E-state index contributed by atoms with van der Waals surface area (Å²) in [6.45, 7) is 1.84. The molecule has 7 nitrogen and oxygen atoms in total. The van der Waals surface area contributed by atoms with Gasteiger partial charge in [-0.25, -0.2) is 13.1 Å². The maximum absolute atomic E-state index is 11.9. The number of amides is 1. The predicted octanol–water partition coefficient (Wildman–Crippen LogP) is -1.25. The highest BCUT2D eigenvalue weighted by Crippen LogP contribution is 2.13. The highest BCUT2D eigenvalue weighted by Gasteiger charge is 2.20. The van der Waals surface area contributed by atoms with Crippen molar-refractivity contribution < 1.29 is 13.2 Å². The third kappa shape index (κ3) is 3.05. The fraction of sp³-hybridized carbons (Fsp3) is 0.444. The molecule has 1 aromatic heterocycles. The van der Waals surface area contributed by atoms with Crippen LogP contribution in [-0.4, -0.2) is 31.5 Å². The van der Waals surface area contributed by atoms with E-state index in [0.717, 1.165) is 0 Å². The van der Waals surface area contributed by atoms with E-state index < -0.39 is 15.9 Å². The SMILES string of the molecule is CC(CN)NS(=O)(=O)c1cc(C(N)=O)n(C)c1. The molecule has 1 unspecified atom stereocenters. The van der Waals surface area contributed by atoms with Gasteiger partial charge in [-0.1, -0.05) is 0 Å². The van der Waals surface area contributed by atoms with E-state index in [1.807, 2.05) is 0 Å². The maximum Gasteiger partial charge on any atom is 0.265 e. The molecule has 0 saturated carbocycles. The van der Waals surface area contributed by atoms with E-state index >= 15 is 0 Å². The van der Waals surface area contributed by atoms with E-state index in [2.05, 4.69) is 4.72 Å². The van der Waals surface area contributed by atoms with Crippen LogP contribution in [0.15, 0.2) is 17.2 Å². The molecule has 17 heavy (non-hydrogen) atoms. The fourth-order valence-corrected chi connectivity index (χ4v) is 2.63. The molecule has 0 aromatic carbocycles. The van der Waals surface area contributed by atoms with Crippen LogP contribution in [0.4, 0.5) is 0 Å². The Kier molecular flexibility index (Phi) is 3.91. The van der Waals surface area contributed by atoms with Gasteiger partial charge in [0.05, 0.1) is 0 Å². The van der Waals surface area contributed by atoms with Crippen molar-refractivity contribution in [3.05, 3.63) is 18.0 Å². The van der Waals surface area contributed by atoms with Crippen molar-refractivity contribution >= 4 is 15.9 Å². The van der Waals surface area contributed by atoms with Gasteiger partial charge in [-0.05, 0) is 13.0 Å². The van der Waals surface area contributed by atoms with Crippen LogP contribution in [0, 0.1) is 0 Å². The van der Waals surface area contributed by atoms with Crippen LogP contribution in [0.5, 0.6) is 0 Å². The Hall–Kier alpha value is -1.38. The van der Waals surface area contributed by atoms with Gasteiger partial charge in [-0.15, -0.1) is 0 Å². The van der Waals surface area contributed by atoms with Gasteiger partial charge in [-0.3, -0.25) is 4.79 Å². The van der Waals surface area contributed by atoms with Crippen molar-refractivity contribution in [3.63, 3.8) is 0 Å². The monoisotopic (exact) mass is 260 g/mol. The Bertz CT molecular complexity index is 520. The van der Waals surface area contributed by atoms with Gasteiger partial charge in [-0.2, -0.15) is 0 Å². The molecule has 0 aliphatic heterocycles. The molecule has 1 aromatic rings. The molecule has 0 aliphatic carbocycles. The molecule has 5 N–H and O–H groups in total. The number of nitrogens with zero attached hydrogens (tertiary/aromatic N) is 1. The molecule has 1 atom stereocenters. The topological polar surface area (TPSA) is 120 Å². The van der Waals surface area contributed by atoms with Gasteiger partial charge in [0.15, 0.2) is 0 Å². The second-order valence-corrected chi connectivity index (χ2v) is 5.51. The van der Waals surface area contributed by atoms with Gasteiger partial charge in [0.1, 0.15) is 10.6 Å². The highest BCUT2D eigenvalue weighted by molar-refractivity contribution is 7.89. The van der Waals surface area contributed by atoms with Gasteiger partial charge in [0, 0.05) is 25.8 Å². The summed E-state index contributed by atoms with van der Waals surface area (Å²) in [7, 11) is -2.12. The molecule has 0 spiro atoms. The molecule has 0 radical (unpaired) electrons. The highest BCUT2D eigenvalue weighted by atomic mass is 32.2. The van der Waals surface area contributed by atoms with E-state index in [0.29, 0.717) is 0 Å². The number of nitrogens with one attached hydrogen (secondary N) is 1. The standard InChI is InChI=1S/C9H16N4O3S/c1-6(4-10)12-17(15,16)7-3-8(9(11)14)13(2)5-7/h3,5-6,12H,4,10H2,1-2H3,(H2,11,14). The summed E-state index contributed by atoms with van der Waals surface area (Å²) in [4.78, 5) is 11.0. The first-order chi connectivity index (χ1) is 7.77. The third-order valence-corrected chi connectivity index (χ3v) is 3.81. The lowest BCUT2D eigenvalue weighted by molar-refractivity contribution is 0.0992. The van der Waals surface area contributed by atoms with E-state index in [-0.39, 0.29) is 23.2 Å². The van der Waals surface area contributed by atoms with Crippen LogP contribution in [0.2, 0.25) is 0 Å². The molecule has 0 saturated heterocycles. The molecule has 1 heterocycles. The van der Waals surface area contributed by atoms with E-state index in [1.54, 1.807) is 14.0 Å². The maximum atomic E-state index is 11.9. The van der Waals surface area contributed by atoms with Crippen molar-refractivity contribution in [1.82, 2.24) is 9.29 Å². The quantitative estimate of drug-likeness (QED) is 0.612. The zero-order chi connectivity index (χ0) is 13.2. The summed E-state index contributed by atoms with van der Waals surface area (Å²) < 4.78 is 27.5. The molecule has 1 rings (SSSR count). The van der Waals surface area contributed by atoms with E-state index in [4.69, 9.17) is 11.5 Å². The number of carbonyl (C=O) groups is 1. The normalized spacial score (nSPS) is 13.6. The Morgan fingerprint density at radius 3 is 2.59 bits per heavy atom. The third-order valence-electron chi connectivity index (χ3n) is 2.25. The van der Waals surface area contributed by atoms with E-state index in [9.17, 15) is 13.2 Å². The summed E-state index contributed by atoms with van der Waals surface area (Å²) in [6, 6.07) is 0.853. The summed E-state index contributed by atoms with van der Waals surface area (Å²) in [6.07, 6.45) is 1.33. The van der Waals surface area contributed by atoms with Crippen molar-refractivity contribution in [2.24, 2.45) is 18.5 Å². The molecular weight excluding hydrogens is 244 g/mol. The van der Waals surface area contributed by atoms with Crippen molar-refractivity contribution in [2.45, 2.75) is 17.9 Å². The number of primary amides is 1. The Labute approximate surface area is 99.8 Å². The minimum Gasteiger partial charge on any atom is -0.364 e. The first-order valence-corrected chi connectivity index (χ1v) is 6.45. The first kappa shape index (κ1) is 13.7. The minimum absolute atomic E-state index is 0.00546. The van der Waals surface area contributed by atoms with E-state index in [1.165, 1.54) is 16.8 Å². The zero-order valence-electron chi connectivity index (χ0n) is 9.67. The van der Waals surface area contributed by atoms with Crippen LogP contribution in [-0.2, 0) is 17.1 Å². The van der Waals surface area contributed by atoms with Gasteiger partial charge in [0.25, 0.3) is 5.91 Å². The number of rotatable bonds is 5. The van der Waals surface area contributed by atoms with Gasteiger partial charge >= 0.3 is 0 Å². The molecule has 8 heteroatoms. The lowest BCUT2D eigenvalue weighted by Gasteiger charge is -2.10. The van der Waals surface area contributed by atoms with Crippen molar-refractivity contribution in [3.8, 4) is 0 Å². The van der Waals surface area contributed by atoms with Crippen molar-refractivity contribution in [2.75, 3.05) is 6.54 Å². The van der Waals surface area contributed by atoms with Crippen molar-refractivity contribution in [1.29, 1.82) is 0 Å². The number of carbonyl (C=O) groups excluding carboxylic acids is 1. The Morgan fingerprint density at radius 2 is 2.18 bits per heavy atom. The summed E-state index contributed by atoms with van der Waals surface area (Å²) in [5.74, 6) is -0.680. The minimum atomic E-state index is -3.67. The molecule has 1 amide bonds. The fourth-order valence-electron chi connectivity index (χ4n) is 1.31. The lowest BCUT2D eigenvalue weighted by atomic mass is 10.4. The number of aromatic nitrogens is 1. The molecule has 0 fully saturated rings. The van der Waals surface area contributed by atoms with Gasteiger partial charge in [0.2, 0.25) is 10.0 Å². The number of nitrogens with two attached hydrogens (primary N) is 2. The Morgan fingerprint density at radius 1 is 1.59 bits per heavy atom. The van der Waals surface area contributed by atoms with Crippen LogP contribution < -0.4 is 16.2 Å². The summed E-state index contributed by atoms with van der Waals surface area (Å²) in [5.41, 5.74) is 10.6. The van der Waals surface area contributed by atoms with Crippen LogP contribution in [0.3, 0.4) is 0 Å². The first-order valence-electron chi connectivity index (χ1n) is 4.96. The molecule has 0 bridgehead atoms. The largest absolute Gasteiger partial charge is 0.364 e. The molecule has 96 valence electrons. The second-order valence-electron chi connectivity index (χ2n) is 3.79. The second kappa shape index (κ2) is 4.86. The average Bonchev–Trinajstić information content (AvgIpc) is 2.60. The number of hydrogen-bond acceptors (Lipinski definition) is 4. The number of aryl methyl sites for hydroxylation is 1. The van der Waals surface area contributed by atoms with Crippen LogP contribution >= 0.6 is 0 Å².